The second-order valence-electron chi connectivity index (χ2n) is 4.36. The highest BCUT2D eigenvalue weighted by atomic mass is 32.2. The van der Waals surface area contributed by atoms with Crippen LogP contribution >= 0.6 is 11.8 Å². The van der Waals surface area contributed by atoms with E-state index in [1.54, 1.807) is 6.07 Å². The van der Waals surface area contributed by atoms with Gasteiger partial charge >= 0.3 is 5.97 Å². The molecule has 1 aromatic heterocycles. The highest BCUT2D eigenvalue weighted by Gasteiger charge is 2.19. The van der Waals surface area contributed by atoms with E-state index >= 15 is 0 Å². The van der Waals surface area contributed by atoms with Crippen molar-refractivity contribution in [2.24, 2.45) is 0 Å². The molecule has 1 heterocycles. The van der Waals surface area contributed by atoms with Gasteiger partial charge in [-0.15, -0.1) is 11.8 Å². The molecule has 21 heavy (non-hydrogen) atoms. The molecule has 0 saturated heterocycles. The number of H-pyrrole nitrogens is 1. The van der Waals surface area contributed by atoms with Crippen LogP contribution in [0.2, 0.25) is 0 Å². The average molecular weight is 326 g/mol. The molecule has 0 unspecified atom stereocenters. The van der Waals surface area contributed by atoms with Crippen molar-refractivity contribution in [2.75, 3.05) is 11.0 Å². The zero-order valence-corrected chi connectivity index (χ0v) is 13.0. The highest BCUT2D eigenvalue weighted by Crippen LogP contribution is 2.28. The van der Waals surface area contributed by atoms with Gasteiger partial charge in [0.2, 0.25) is 0 Å². The first-order valence-corrected chi connectivity index (χ1v) is 8.63. The number of aromatic nitrogens is 1. The standard InChI is InChI=1S/C13H14N2O4S2/c1-8-3-4-12(20-2)10(5-8)15-21(18,19)9-6-11(13(16)17)14-7-9/h3-7,14-15H,1-2H3,(H,16,17). The fourth-order valence-electron chi connectivity index (χ4n) is 1.76. The fraction of sp³-hybridized carbons (Fsp3) is 0.154. The van der Waals surface area contributed by atoms with E-state index in [9.17, 15) is 13.2 Å². The number of rotatable bonds is 5. The Hall–Kier alpha value is -1.93. The lowest BCUT2D eigenvalue weighted by Crippen LogP contribution is -2.13. The second-order valence-corrected chi connectivity index (χ2v) is 6.89. The van der Waals surface area contributed by atoms with Crippen LogP contribution in [0.5, 0.6) is 0 Å². The minimum absolute atomic E-state index is 0.117. The third-order valence-corrected chi connectivity index (χ3v) is 4.94. The van der Waals surface area contributed by atoms with E-state index in [1.165, 1.54) is 11.8 Å². The Balaban J connectivity index is 2.37. The molecule has 0 atom stereocenters. The Bertz CT molecular complexity index is 781. The molecular weight excluding hydrogens is 312 g/mol. The summed E-state index contributed by atoms with van der Waals surface area (Å²) in [5, 5.41) is 8.82. The molecule has 0 radical (unpaired) electrons. The lowest BCUT2D eigenvalue weighted by atomic mass is 10.2. The maximum Gasteiger partial charge on any atom is 0.352 e. The minimum atomic E-state index is -3.83. The molecule has 1 aromatic carbocycles. The van der Waals surface area contributed by atoms with E-state index in [4.69, 9.17) is 5.11 Å². The van der Waals surface area contributed by atoms with E-state index in [0.717, 1.165) is 22.7 Å². The molecule has 0 aliphatic rings. The number of carbonyl (C=O) groups is 1. The number of thioether (sulfide) groups is 1. The van der Waals surface area contributed by atoms with Crippen molar-refractivity contribution in [2.45, 2.75) is 16.7 Å². The summed E-state index contributed by atoms with van der Waals surface area (Å²) in [5.41, 5.74) is 1.22. The van der Waals surface area contributed by atoms with Crippen molar-refractivity contribution in [1.82, 2.24) is 4.98 Å². The Labute approximate surface area is 126 Å². The maximum absolute atomic E-state index is 12.3. The molecule has 0 amide bonds. The van der Waals surface area contributed by atoms with Gasteiger partial charge in [0.15, 0.2) is 0 Å². The number of aryl methyl sites for hydroxylation is 1. The van der Waals surface area contributed by atoms with Gasteiger partial charge in [-0.1, -0.05) is 6.07 Å². The molecule has 112 valence electrons. The van der Waals surface area contributed by atoms with Crippen LogP contribution in [0.25, 0.3) is 0 Å². The van der Waals surface area contributed by atoms with Crippen molar-refractivity contribution >= 4 is 33.4 Å². The van der Waals surface area contributed by atoms with E-state index in [2.05, 4.69) is 9.71 Å². The van der Waals surface area contributed by atoms with Gasteiger partial charge in [-0.25, -0.2) is 13.2 Å². The van der Waals surface area contributed by atoms with E-state index in [1.807, 2.05) is 25.3 Å². The summed E-state index contributed by atoms with van der Waals surface area (Å²) in [4.78, 5) is 13.9. The number of anilines is 1. The zero-order valence-electron chi connectivity index (χ0n) is 11.4. The summed E-state index contributed by atoms with van der Waals surface area (Å²) in [6.07, 6.45) is 3.00. The summed E-state index contributed by atoms with van der Waals surface area (Å²) in [5.74, 6) is -1.21. The van der Waals surface area contributed by atoms with Crippen molar-refractivity contribution < 1.29 is 18.3 Å². The smallest absolute Gasteiger partial charge is 0.352 e. The first-order valence-electron chi connectivity index (χ1n) is 5.92. The minimum Gasteiger partial charge on any atom is -0.477 e. The molecule has 0 aliphatic heterocycles. The van der Waals surface area contributed by atoms with Crippen LogP contribution in [-0.4, -0.2) is 30.7 Å². The molecule has 0 saturated carbocycles. The lowest BCUT2D eigenvalue weighted by Gasteiger charge is -2.11. The first-order chi connectivity index (χ1) is 9.83. The van der Waals surface area contributed by atoms with Gasteiger partial charge in [0.1, 0.15) is 10.6 Å². The molecule has 6 nitrogen and oxygen atoms in total. The van der Waals surface area contributed by atoms with Crippen LogP contribution < -0.4 is 4.72 Å². The topological polar surface area (TPSA) is 99.3 Å². The molecule has 8 heteroatoms. The predicted molar refractivity (Wildman–Crippen MR) is 81.5 cm³/mol. The van der Waals surface area contributed by atoms with Gasteiger partial charge in [0.05, 0.1) is 5.69 Å². The monoisotopic (exact) mass is 326 g/mol. The number of nitrogens with one attached hydrogen (secondary N) is 2. The lowest BCUT2D eigenvalue weighted by molar-refractivity contribution is 0.0691. The number of sulfonamides is 1. The van der Waals surface area contributed by atoms with Crippen LogP contribution in [0, 0.1) is 6.92 Å². The number of benzene rings is 1. The number of carboxylic acid groups (broad SMARTS) is 1. The van der Waals surface area contributed by atoms with Crippen molar-refractivity contribution in [1.29, 1.82) is 0 Å². The third-order valence-electron chi connectivity index (χ3n) is 2.80. The number of aromatic amines is 1. The molecular formula is C13H14N2O4S2. The summed E-state index contributed by atoms with van der Waals surface area (Å²) >= 11 is 1.42. The van der Waals surface area contributed by atoms with Crippen molar-refractivity contribution in [3.63, 3.8) is 0 Å². The SMILES string of the molecule is CSc1ccc(C)cc1NS(=O)(=O)c1c[nH]c(C(=O)O)c1. The summed E-state index contributed by atoms with van der Waals surface area (Å²) in [6.45, 7) is 1.86. The fourth-order valence-corrected chi connectivity index (χ4v) is 3.42. The quantitative estimate of drug-likeness (QED) is 0.733. The Kier molecular flexibility index (Phi) is 4.29. The molecule has 0 spiro atoms. The van der Waals surface area contributed by atoms with Gasteiger partial charge in [-0.2, -0.15) is 0 Å². The number of hydrogen-bond acceptors (Lipinski definition) is 4. The predicted octanol–water partition coefficient (Wildman–Crippen LogP) is 2.54. The Morgan fingerprint density at radius 2 is 2.05 bits per heavy atom. The number of aromatic carboxylic acids is 1. The van der Waals surface area contributed by atoms with Crippen molar-refractivity contribution in [3.8, 4) is 0 Å². The van der Waals surface area contributed by atoms with Gasteiger partial charge < -0.3 is 10.1 Å². The first kappa shape index (κ1) is 15.5. The van der Waals surface area contributed by atoms with E-state index < -0.39 is 16.0 Å². The van der Waals surface area contributed by atoms with E-state index in [0.29, 0.717) is 5.69 Å². The summed E-state index contributed by atoms with van der Waals surface area (Å²) in [6, 6.07) is 6.54. The number of hydrogen-bond donors (Lipinski definition) is 3. The average Bonchev–Trinajstić information content (AvgIpc) is 2.89. The molecule has 0 fully saturated rings. The van der Waals surface area contributed by atoms with Gasteiger partial charge in [0.25, 0.3) is 10.0 Å². The van der Waals surface area contributed by atoms with Crippen LogP contribution in [0.3, 0.4) is 0 Å². The van der Waals surface area contributed by atoms with Crippen LogP contribution in [-0.2, 0) is 10.0 Å². The van der Waals surface area contributed by atoms with Gasteiger partial charge in [0, 0.05) is 11.1 Å². The second kappa shape index (κ2) is 5.82. The van der Waals surface area contributed by atoms with Gasteiger partial charge in [-0.05, 0) is 36.9 Å². The third kappa shape index (κ3) is 3.40. The Morgan fingerprint density at radius 3 is 2.62 bits per heavy atom. The van der Waals surface area contributed by atoms with Gasteiger partial charge in [-0.3, -0.25) is 4.72 Å². The molecule has 3 N–H and O–H groups in total. The van der Waals surface area contributed by atoms with Crippen LogP contribution in [0.4, 0.5) is 5.69 Å². The summed E-state index contributed by atoms with van der Waals surface area (Å²) < 4.78 is 27.1. The molecule has 2 aromatic rings. The Morgan fingerprint density at radius 1 is 1.33 bits per heavy atom. The summed E-state index contributed by atoms with van der Waals surface area (Å²) in [7, 11) is -3.83. The largest absolute Gasteiger partial charge is 0.477 e. The van der Waals surface area contributed by atoms with Crippen LogP contribution in [0.15, 0.2) is 40.3 Å². The van der Waals surface area contributed by atoms with Crippen LogP contribution in [0.1, 0.15) is 16.1 Å². The maximum atomic E-state index is 12.3. The normalized spacial score (nSPS) is 11.3. The van der Waals surface area contributed by atoms with Crippen molar-refractivity contribution in [3.05, 3.63) is 41.7 Å². The zero-order chi connectivity index (χ0) is 15.6. The molecule has 0 bridgehead atoms. The number of carboxylic acids is 1. The molecule has 2 rings (SSSR count). The highest BCUT2D eigenvalue weighted by molar-refractivity contribution is 7.99. The van der Waals surface area contributed by atoms with E-state index in [-0.39, 0.29) is 10.6 Å². The molecule has 0 aliphatic carbocycles.